The predicted molar refractivity (Wildman–Crippen MR) is 75.3 cm³/mol. The van der Waals surface area contributed by atoms with E-state index in [1.807, 2.05) is 6.92 Å². The lowest BCUT2D eigenvalue weighted by Gasteiger charge is -2.28. The normalized spacial score (nSPS) is 17.8. The minimum atomic E-state index is -4.65. The fraction of sp³-hybridized carbons (Fsp3) is 0.500. The van der Waals surface area contributed by atoms with Gasteiger partial charge < -0.3 is 14.8 Å². The Hall–Kier alpha value is -2.12. The van der Waals surface area contributed by atoms with Gasteiger partial charge in [-0.3, -0.25) is 5.32 Å². The molecule has 1 aliphatic rings. The molecule has 0 fully saturated rings. The first-order valence-corrected chi connectivity index (χ1v) is 6.68. The molecule has 1 aliphatic heterocycles. The fourth-order valence-corrected chi connectivity index (χ4v) is 1.80. The van der Waals surface area contributed by atoms with E-state index in [-0.39, 0.29) is 6.04 Å². The molecule has 0 bridgehead atoms. The Morgan fingerprint density at radius 3 is 2.73 bits per heavy atom. The number of hydrogen-bond acceptors (Lipinski definition) is 4. The van der Waals surface area contributed by atoms with E-state index in [1.165, 1.54) is 6.07 Å². The van der Waals surface area contributed by atoms with E-state index in [9.17, 15) is 18.0 Å². The number of carbonyl (C=O) groups is 1. The Balaban J connectivity index is 2.05. The lowest BCUT2D eigenvalue weighted by Crippen LogP contribution is -2.44. The molecule has 0 spiro atoms. The van der Waals surface area contributed by atoms with Gasteiger partial charge in [0.2, 0.25) is 5.60 Å². The highest BCUT2D eigenvalue weighted by molar-refractivity contribution is 5.86. The van der Waals surface area contributed by atoms with Crippen LogP contribution in [0.5, 0.6) is 5.75 Å². The van der Waals surface area contributed by atoms with E-state index in [0.717, 1.165) is 13.8 Å². The van der Waals surface area contributed by atoms with E-state index in [2.05, 4.69) is 15.4 Å². The minimum absolute atomic E-state index is 0.0962. The Morgan fingerprint density at radius 2 is 2.09 bits per heavy atom. The van der Waals surface area contributed by atoms with Gasteiger partial charge in [0.25, 0.3) is 0 Å². The average Bonchev–Trinajstić information content (AvgIpc) is 2.35. The molecule has 0 aliphatic carbocycles. The van der Waals surface area contributed by atoms with Crippen LogP contribution >= 0.6 is 0 Å². The molecule has 22 heavy (non-hydrogen) atoms. The first-order chi connectivity index (χ1) is 10.1. The molecule has 1 amide bonds. The summed E-state index contributed by atoms with van der Waals surface area (Å²) >= 11 is 0. The van der Waals surface area contributed by atoms with Gasteiger partial charge in [-0.05, 0) is 39.0 Å². The third kappa shape index (κ3) is 3.55. The number of benzene rings is 1. The summed E-state index contributed by atoms with van der Waals surface area (Å²) in [5.41, 5.74) is -1.60. The van der Waals surface area contributed by atoms with Gasteiger partial charge in [-0.15, -0.1) is 0 Å². The highest BCUT2D eigenvalue weighted by Crippen LogP contribution is 2.34. The van der Waals surface area contributed by atoms with Crippen molar-refractivity contribution >= 4 is 17.5 Å². The predicted octanol–water partition coefficient (Wildman–Crippen LogP) is 3.77. The Kier molecular flexibility index (Phi) is 4.12. The monoisotopic (exact) mass is 318 g/mol. The summed E-state index contributed by atoms with van der Waals surface area (Å²) in [5.74, 6) is 0.618. The second-order valence-corrected chi connectivity index (χ2v) is 5.59. The number of hydrogen-bond donors (Lipinski definition) is 2. The van der Waals surface area contributed by atoms with Gasteiger partial charge in [0.05, 0.1) is 11.7 Å². The highest BCUT2D eigenvalue weighted by atomic mass is 19.4. The maximum atomic E-state index is 12.7. The molecule has 8 heteroatoms. The molecule has 0 saturated carbocycles. The van der Waals surface area contributed by atoms with Crippen molar-refractivity contribution in [2.45, 2.75) is 38.6 Å². The maximum Gasteiger partial charge on any atom is 0.427 e. The number of nitrogens with one attached hydrogen (secondary N) is 2. The van der Waals surface area contributed by atoms with Gasteiger partial charge in [0.15, 0.2) is 0 Å². The molecule has 1 aromatic carbocycles. The molecule has 0 aromatic heterocycles. The number of rotatable bonds is 2. The number of halogens is 3. The van der Waals surface area contributed by atoms with Gasteiger partial charge in [-0.1, -0.05) is 0 Å². The third-order valence-corrected chi connectivity index (χ3v) is 3.15. The smallest absolute Gasteiger partial charge is 0.427 e. The van der Waals surface area contributed by atoms with Crippen LogP contribution in [0.4, 0.5) is 29.3 Å². The average molecular weight is 318 g/mol. The van der Waals surface area contributed by atoms with E-state index < -0.39 is 17.9 Å². The number of ether oxygens (including phenoxy) is 2. The van der Waals surface area contributed by atoms with Crippen LogP contribution in [0.3, 0.4) is 0 Å². The number of anilines is 2. The summed E-state index contributed by atoms with van der Waals surface area (Å²) in [6, 6.07) is 4.82. The maximum absolute atomic E-state index is 12.7. The van der Waals surface area contributed by atoms with Crippen LogP contribution in [0, 0.1) is 0 Å². The van der Waals surface area contributed by atoms with Crippen LogP contribution in [0.15, 0.2) is 18.2 Å². The van der Waals surface area contributed by atoms with Gasteiger partial charge in [-0.2, -0.15) is 13.2 Å². The molecule has 1 aromatic rings. The van der Waals surface area contributed by atoms with E-state index >= 15 is 0 Å². The lowest BCUT2D eigenvalue weighted by atomic mass is 10.1. The topological polar surface area (TPSA) is 59.6 Å². The van der Waals surface area contributed by atoms with Crippen LogP contribution in [0.25, 0.3) is 0 Å². The van der Waals surface area contributed by atoms with Crippen molar-refractivity contribution in [3.05, 3.63) is 18.2 Å². The number of fused-ring (bicyclic) bond motifs is 1. The number of carbonyl (C=O) groups excluding carboxylic acids is 1. The van der Waals surface area contributed by atoms with Gasteiger partial charge in [-0.25, -0.2) is 4.79 Å². The van der Waals surface area contributed by atoms with Gasteiger partial charge in [0.1, 0.15) is 12.4 Å². The van der Waals surface area contributed by atoms with Crippen LogP contribution in [0.2, 0.25) is 0 Å². The van der Waals surface area contributed by atoms with E-state index in [4.69, 9.17) is 4.74 Å². The van der Waals surface area contributed by atoms with Gasteiger partial charge in [0, 0.05) is 5.69 Å². The molecule has 1 atom stereocenters. The van der Waals surface area contributed by atoms with Crippen molar-refractivity contribution in [3.63, 3.8) is 0 Å². The summed E-state index contributed by atoms with van der Waals surface area (Å²) in [7, 11) is 0. The van der Waals surface area contributed by atoms with Crippen LogP contribution in [-0.4, -0.2) is 30.5 Å². The quantitative estimate of drug-likeness (QED) is 0.871. The molecule has 1 unspecified atom stereocenters. The van der Waals surface area contributed by atoms with Crippen molar-refractivity contribution in [2.75, 3.05) is 17.2 Å². The standard InChI is InChI=1S/C14H17F3N2O3/c1-8-7-21-11-5-4-9(6-10(11)18-8)19-12(20)22-13(2,3)14(15,16)17/h4-6,8,18H,7H2,1-3H3,(H,19,20). The molecule has 0 saturated heterocycles. The fourth-order valence-electron chi connectivity index (χ4n) is 1.80. The van der Waals surface area contributed by atoms with Crippen molar-refractivity contribution < 1.29 is 27.4 Å². The molecule has 2 N–H and O–H groups in total. The summed E-state index contributed by atoms with van der Waals surface area (Å²) < 4.78 is 47.9. The van der Waals surface area contributed by atoms with Crippen LogP contribution in [-0.2, 0) is 4.74 Å². The number of amides is 1. The Labute approximate surface area is 125 Å². The second-order valence-electron chi connectivity index (χ2n) is 5.59. The largest absolute Gasteiger partial charge is 0.489 e. The lowest BCUT2D eigenvalue weighted by molar-refractivity contribution is -0.242. The summed E-state index contributed by atoms with van der Waals surface area (Å²) in [6.45, 7) is 4.01. The minimum Gasteiger partial charge on any atom is -0.489 e. The van der Waals surface area contributed by atoms with Gasteiger partial charge >= 0.3 is 12.3 Å². The molecular formula is C14H17F3N2O3. The van der Waals surface area contributed by atoms with Crippen molar-refractivity contribution in [2.24, 2.45) is 0 Å². The summed E-state index contributed by atoms with van der Waals surface area (Å²) in [6.07, 6.45) is -5.82. The SMILES string of the molecule is CC1COc2ccc(NC(=O)OC(C)(C)C(F)(F)F)cc2N1. The highest BCUT2D eigenvalue weighted by Gasteiger charge is 2.50. The Bertz CT molecular complexity index is 573. The van der Waals surface area contributed by atoms with Crippen molar-refractivity contribution in [1.29, 1.82) is 0 Å². The summed E-state index contributed by atoms with van der Waals surface area (Å²) in [4.78, 5) is 11.6. The molecular weight excluding hydrogens is 301 g/mol. The summed E-state index contributed by atoms with van der Waals surface area (Å²) in [5, 5.41) is 5.43. The molecule has 122 valence electrons. The zero-order chi connectivity index (χ0) is 16.5. The molecule has 0 radical (unpaired) electrons. The number of alkyl halides is 3. The Morgan fingerprint density at radius 1 is 1.41 bits per heavy atom. The first kappa shape index (κ1) is 16.3. The third-order valence-electron chi connectivity index (χ3n) is 3.15. The van der Waals surface area contributed by atoms with Crippen LogP contribution < -0.4 is 15.4 Å². The van der Waals surface area contributed by atoms with Crippen molar-refractivity contribution in [3.8, 4) is 5.75 Å². The second kappa shape index (κ2) is 5.58. The van der Waals surface area contributed by atoms with E-state index in [0.29, 0.717) is 23.7 Å². The van der Waals surface area contributed by atoms with Crippen molar-refractivity contribution in [1.82, 2.24) is 0 Å². The molecule has 2 rings (SSSR count). The van der Waals surface area contributed by atoms with E-state index in [1.54, 1.807) is 12.1 Å². The molecule has 1 heterocycles. The molecule has 5 nitrogen and oxygen atoms in total. The zero-order valence-electron chi connectivity index (χ0n) is 12.4. The zero-order valence-corrected chi connectivity index (χ0v) is 12.4. The first-order valence-electron chi connectivity index (χ1n) is 6.68. The van der Waals surface area contributed by atoms with Crippen LogP contribution in [0.1, 0.15) is 20.8 Å².